The smallest absolute Gasteiger partial charge is 0.245 e. The van der Waals surface area contributed by atoms with Gasteiger partial charge in [0.1, 0.15) is 0 Å². The van der Waals surface area contributed by atoms with Crippen molar-refractivity contribution in [1.29, 1.82) is 0 Å². The predicted octanol–water partition coefficient (Wildman–Crippen LogP) is 2.78. The summed E-state index contributed by atoms with van der Waals surface area (Å²) in [4.78, 5) is 15.5. The molecule has 1 heterocycles. The minimum absolute atomic E-state index is 0.113. The number of anilines is 4. The van der Waals surface area contributed by atoms with E-state index in [1.807, 2.05) is 45.0 Å². The molecule has 1 aromatic heterocycles. The Hall–Kier alpha value is -2.70. The second kappa shape index (κ2) is 6.38. The quantitative estimate of drug-likeness (QED) is 0.804. The normalized spacial score (nSPS) is 10.9. The molecule has 0 aliphatic carbocycles. The van der Waals surface area contributed by atoms with Crippen LogP contribution in [0.15, 0.2) is 30.5 Å². The molecule has 116 valence electrons. The van der Waals surface area contributed by atoms with Crippen molar-refractivity contribution in [2.75, 3.05) is 16.0 Å². The summed E-state index contributed by atoms with van der Waals surface area (Å²) in [6, 6.07) is 7.36. The van der Waals surface area contributed by atoms with Crippen molar-refractivity contribution in [2.24, 2.45) is 0 Å². The Kier molecular flexibility index (Phi) is 4.55. The number of hydrogen-bond acceptors (Lipinski definition) is 6. The third kappa shape index (κ3) is 5.01. The molecule has 2 aromatic rings. The molecule has 0 saturated heterocycles. The SMILES string of the molecule is CC(=O)Nc1cccc(Nc2cnnc(NC(C)(C)C)n2)c1. The highest BCUT2D eigenvalue weighted by Gasteiger charge is 2.12. The summed E-state index contributed by atoms with van der Waals surface area (Å²) < 4.78 is 0. The molecule has 7 heteroatoms. The molecule has 0 atom stereocenters. The largest absolute Gasteiger partial charge is 0.348 e. The van der Waals surface area contributed by atoms with Crippen molar-refractivity contribution >= 4 is 29.0 Å². The zero-order valence-corrected chi connectivity index (χ0v) is 13.1. The highest BCUT2D eigenvalue weighted by Crippen LogP contribution is 2.19. The maximum Gasteiger partial charge on any atom is 0.245 e. The van der Waals surface area contributed by atoms with Crippen LogP contribution in [0.1, 0.15) is 27.7 Å². The van der Waals surface area contributed by atoms with Crippen LogP contribution in [0.3, 0.4) is 0 Å². The van der Waals surface area contributed by atoms with Crippen molar-refractivity contribution in [3.8, 4) is 0 Å². The average Bonchev–Trinajstić information content (AvgIpc) is 2.36. The fourth-order valence-electron chi connectivity index (χ4n) is 1.78. The van der Waals surface area contributed by atoms with E-state index in [1.165, 1.54) is 6.92 Å². The summed E-state index contributed by atoms with van der Waals surface area (Å²) in [6.07, 6.45) is 1.54. The fourth-order valence-corrected chi connectivity index (χ4v) is 1.78. The molecule has 7 nitrogen and oxygen atoms in total. The fraction of sp³-hybridized carbons (Fsp3) is 0.333. The number of carbonyl (C=O) groups excluding carboxylic acids is 1. The van der Waals surface area contributed by atoms with Gasteiger partial charge in [0, 0.05) is 23.8 Å². The Bertz CT molecular complexity index is 665. The lowest BCUT2D eigenvalue weighted by Gasteiger charge is -2.20. The molecule has 0 fully saturated rings. The summed E-state index contributed by atoms with van der Waals surface area (Å²) >= 11 is 0. The molecule has 0 saturated carbocycles. The van der Waals surface area contributed by atoms with Crippen LogP contribution >= 0.6 is 0 Å². The van der Waals surface area contributed by atoms with E-state index in [1.54, 1.807) is 6.20 Å². The minimum atomic E-state index is -0.147. The van der Waals surface area contributed by atoms with Gasteiger partial charge in [-0.15, -0.1) is 5.10 Å². The third-order valence-electron chi connectivity index (χ3n) is 2.50. The van der Waals surface area contributed by atoms with Gasteiger partial charge in [-0.1, -0.05) is 6.07 Å². The van der Waals surface area contributed by atoms with Gasteiger partial charge in [-0.2, -0.15) is 10.1 Å². The van der Waals surface area contributed by atoms with E-state index in [2.05, 4.69) is 31.1 Å². The molecule has 22 heavy (non-hydrogen) atoms. The zero-order chi connectivity index (χ0) is 16.2. The van der Waals surface area contributed by atoms with E-state index in [4.69, 9.17) is 0 Å². The molecule has 0 aliphatic rings. The van der Waals surface area contributed by atoms with Crippen molar-refractivity contribution in [1.82, 2.24) is 15.2 Å². The van der Waals surface area contributed by atoms with Gasteiger partial charge in [-0.25, -0.2) is 0 Å². The van der Waals surface area contributed by atoms with Crippen LogP contribution in [0.5, 0.6) is 0 Å². The first-order valence-corrected chi connectivity index (χ1v) is 6.94. The second-order valence-corrected chi connectivity index (χ2v) is 5.93. The van der Waals surface area contributed by atoms with Crippen molar-refractivity contribution in [3.05, 3.63) is 30.5 Å². The number of nitrogens with one attached hydrogen (secondary N) is 3. The van der Waals surface area contributed by atoms with E-state index < -0.39 is 0 Å². The van der Waals surface area contributed by atoms with E-state index in [9.17, 15) is 4.79 Å². The first-order valence-electron chi connectivity index (χ1n) is 6.94. The molecule has 1 amide bonds. The molecule has 1 aromatic carbocycles. The van der Waals surface area contributed by atoms with Gasteiger partial charge >= 0.3 is 0 Å². The van der Waals surface area contributed by atoms with Crippen LogP contribution in [-0.4, -0.2) is 26.6 Å². The lowest BCUT2D eigenvalue weighted by Crippen LogP contribution is -2.27. The van der Waals surface area contributed by atoms with Crippen molar-refractivity contribution in [2.45, 2.75) is 33.2 Å². The Morgan fingerprint density at radius 1 is 1.18 bits per heavy atom. The third-order valence-corrected chi connectivity index (χ3v) is 2.50. The van der Waals surface area contributed by atoms with Crippen LogP contribution in [0.4, 0.5) is 23.1 Å². The van der Waals surface area contributed by atoms with Crippen LogP contribution in [0, 0.1) is 0 Å². The van der Waals surface area contributed by atoms with Crippen molar-refractivity contribution < 1.29 is 4.79 Å². The molecule has 0 spiro atoms. The number of amides is 1. The maximum absolute atomic E-state index is 11.1. The topological polar surface area (TPSA) is 91.8 Å². The number of hydrogen-bond donors (Lipinski definition) is 3. The number of nitrogens with zero attached hydrogens (tertiary/aromatic N) is 3. The highest BCUT2D eigenvalue weighted by molar-refractivity contribution is 5.89. The lowest BCUT2D eigenvalue weighted by atomic mass is 10.1. The van der Waals surface area contributed by atoms with Gasteiger partial charge < -0.3 is 16.0 Å². The molecule has 0 unspecified atom stereocenters. The maximum atomic E-state index is 11.1. The zero-order valence-electron chi connectivity index (χ0n) is 13.1. The summed E-state index contributed by atoms with van der Waals surface area (Å²) in [5, 5.41) is 16.9. The molecule has 0 aliphatic heterocycles. The van der Waals surface area contributed by atoms with Gasteiger partial charge in [0.05, 0.1) is 6.20 Å². The number of aromatic nitrogens is 3. The van der Waals surface area contributed by atoms with Crippen LogP contribution in [0.2, 0.25) is 0 Å². The first-order chi connectivity index (χ1) is 10.3. The number of benzene rings is 1. The summed E-state index contributed by atoms with van der Waals surface area (Å²) in [5.74, 6) is 0.912. The van der Waals surface area contributed by atoms with E-state index in [-0.39, 0.29) is 11.4 Å². The average molecular weight is 300 g/mol. The van der Waals surface area contributed by atoms with E-state index >= 15 is 0 Å². The van der Waals surface area contributed by atoms with Gasteiger partial charge in [0.15, 0.2) is 5.82 Å². The number of rotatable bonds is 4. The van der Waals surface area contributed by atoms with Crippen LogP contribution < -0.4 is 16.0 Å². The molecule has 0 radical (unpaired) electrons. The molecule has 2 rings (SSSR count). The highest BCUT2D eigenvalue weighted by atomic mass is 16.1. The summed E-state index contributed by atoms with van der Waals surface area (Å²) in [5.41, 5.74) is 1.37. The Balaban J connectivity index is 2.13. The van der Waals surface area contributed by atoms with Gasteiger partial charge in [-0.3, -0.25) is 4.79 Å². The van der Waals surface area contributed by atoms with Crippen LogP contribution in [0.25, 0.3) is 0 Å². The lowest BCUT2D eigenvalue weighted by molar-refractivity contribution is -0.114. The molecular weight excluding hydrogens is 280 g/mol. The summed E-state index contributed by atoms with van der Waals surface area (Å²) in [7, 11) is 0. The van der Waals surface area contributed by atoms with Gasteiger partial charge in [0.25, 0.3) is 0 Å². The Labute approximate surface area is 129 Å². The van der Waals surface area contributed by atoms with Gasteiger partial charge in [0.2, 0.25) is 11.9 Å². The molecule has 0 bridgehead atoms. The summed E-state index contributed by atoms with van der Waals surface area (Å²) in [6.45, 7) is 7.53. The standard InChI is InChI=1S/C15H20N6O/c1-10(22)17-11-6-5-7-12(8-11)18-13-9-16-21-14(19-13)20-15(2,3)4/h5-9H,1-4H3,(H,17,22)(H2,18,19,20,21). The van der Waals surface area contributed by atoms with Gasteiger partial charge in [-0.05, 0) is 39.0 Å². The monoisotopic (exact) mass is 300 g/mol. The first kappa shape index (κ1) is 15.7. The van der Waals surface area contributed by atoms with E-state index in [0.717, 1.165) is 5.69 Å². The minimum Gasteiger partial charge on any atom is -0.348 e. The van der Waals surface area contributed by atoms with E-state index in [0.29, 0.717) is 17.5 Å². The Morgan fingerprint density at radius 2 is 1.91 bits per heavy atom. The molecule has 3 N–H and O–H groups in total. The number of carbonyl (C=O) groups is 1. The molecular formula is C15H20N6O. The second-order valence-electron chi connectivity index (χ2n) is 5.93. The Morgan fingerprint density at radius 3 is 2.59 bits per heavy atom. The van der Waals surface area contributed by atoms with Crippen molar-refractivity contribution in [3.63, 3.8) is 0 Å². The van der Waals surface area contributed by atoms with Crippen LogP contribution in [-0.2, 0) is 4.79 Å². The predicted molar refractivity (Wildman–Crippen MR) is 87.2 cm³/mol.